The van der Waals surface area contributed by atoms with Gasteiger partial charge in [0.1, 0.15) is 0 Å². The molecule has 0 saturated carbocycles. The average Bonchev–Trinajstić information content (AvgIpc) is 2.77. The molecule has 1 aliphatic heterocycles. The normalized spacial score (nSPS) is 24.3. The summed E-state index contributed by atoms with van der Waals surface area (Å²) in [5, 5.41) is 2.62. The lowest BCUT2D eigenvalue weighted by Gasteiger charge is -2.33. The number of carbonyl (C=O) groups excluding carboxylic acids is 1. The molecule has 0 aromatic carbocycles. The molecule has 0 aliphatic carbocycles. The quantitative estimate of drug-likeness (QED) is 0.757. The van der Waals surface area contributed by atoms with E-state index < -0.39 is 17.5 Å². The molecule has 0 aromatic heterocycles. The highest BCUT2D eigenvalue weighted by Crippen LogP contribution is 2.44. The van der Waals surface area contributed by atoms with Crippen molar-refractivity contribution in [3.8, 4) is 0 Å². The number of hydrogen-bond donors (Lipinski definition) is 1. The van der Waals surface area contributed by atoms with Gasteiger partial charge in [-0.25, -0.2) is 0 Å². The van der Waals surface area contributed by atoms with E-state index in [-0.39, 0.29) is 32.7 Å². The molecule has 7 heteroatoms. The number of nitrogens with zero attached hydrogens (tertiary/aromatic N) is 1. The zero-order valence-corrected chi connectivity index (χ0v) is 10.6. The predicted molar refractivity (Wildman–Crippen MR) is 60.1 cm³/mol. The molecule has 0 aromatic rings. The SMILES string of the molecule is CCOCCN(C)C(=O)C1(C(F)(F)F)CCNC1. The third-order valence-electron chi connectivity index (χ3n) is 3.23. The van der Waals surface area contributed by atoms with Gasteiger partial charge in [0, 0.05) is 26.7 Å². The Morgan fingerprint density at radius 3 is 2.61 bits per heavy atom. The summed E-state index contributed by atoms with van der Waals surface area (Å²) in [6.45, 7) is 2.57. The summed E-state index contributed by atoms with van der Waals surface area (Å²) in [6.07, 6.45) is -4.72. The maximum absolute atomic E-state index is 13.1. The van der Waals surface area contributed by atoms with E-state index in [0.29, 0.717) is 6.61 Å². The minimum atomic E-state index is -4.52. The second kappa shape index (κ2) is 5.88. The van der Waals surface area contributed by atoms with Gasteiger partial charge in [0.05, 0.1) is 6.61 Å². The molecule has 1 amide bonds. The van der Waals surface area contributed by atoms with E-state index in [2.05, 4.69) is 5.32 Å². The highest BCUT2D eigenvalue weighted by molar-refractivity contribution is 5.84. The molecule has 106 valence electrons. The molecule has 1 N–H and O–H groups in total. The van der Waals surface area contributed by atoms with Crippen LogP contribution in [0.4, 0.5) is 13.2 Å². The van der Waals surface area contributed by atoms with Crippen LogP contribution in [0.15, 0.2) is 0 Å². The fraction of sp³-hybridized carbons (Fsp3) is 0.909. The number of likely N-dealkylation sites (N-methyl/N-ethyl adjacent to an activating group) is 1. The minimum Gasteiger partial charge on any atom is -0.380 e. The molecule has 1 unspecified atom stereocenters. The van der Waals surface area contributed by atoms with Crippen molar-refractivity contribution in [2.45, 2.75) is 19.5 Å². The Morgan fingerprint density at radius 1 is 1.50 bits per heavy atom. The second-order valence-electron chi connectivity index (χ2n) is 4.43. The molecule has 0 bridgehead atoms. The Hall–Kier alpha value is -0.820. The summed E-state index contributed by atoms with van der Waals surface area (Å²) >= 11 is 0. The first-order chi connectivity index (χ1) is 8.35. The number of ether oxygens (including phenoxy) is 1. The van der Waals surface area contributed by atoms with Crippen molar-refractivity contribution in [3.05, 3.63) is 0 Å². The van der Waals surface area contributed by atoms with Crippen molar-refractivity contribution in [2.75, 3.05) is 39.9 Å². The summed E-state index contributed by atoms with van der Waals surface area (Å²) in [5.74, 6) is -0.875. The molecular formula is C11H19F3N2O2. The van der Waals surface area contributed by atoms with E-state index in [1.54, 1.807) is 6.92 Å². The first-order valence-corrected chi connectivity index (χ1v) is 5.96. The van der Waals surface area contributed by atoms with Gasteiger partial charge >= 0.3 is 6.18 Å². The van der Waals surface area contributed by atoms with Crippen molar-refractivity contribution in [1.82, 2.24) is 10.2 Å². The number of carbonyl (C=O) groups is 1. The zero-order valence-electron chi connectivity index (χ0n) is 10.6. The Labute approximate surface area is 104 Å². The van der Waals surface area contributed by atoms with E-state index >= 15 is 0 Å². The summed E-state index contributed by atoms with van der Waals surface area (Å²) in [6, 6.07) is 0. The number of halogens is 3. The van der Waals surface area contributed by atoms with Gasteiger partial charge in [-0.15, -0.1) is 0 Å². The Balaban J connectivity index is 2.72. The summed E-state index contributed by atoms with van der Waals surface area (Å²) in [5.41, 5.74) is -2.27. The summed E-state index contributed by atoms with van der Waals surface area (Å²) in [7, 11) is 1.38. The molecule has 1 atom stereocenters. The molecule has 1 rings (SSSR count). The average molecular weight is 268 g/mol. The number of nitrogens with one attached hydrogen (secondary N) is 1. The first kappa shape index (κ1) is 15.2. The number of alkyl halides is 3. The van der Waals surface area contributed by atoms with Crippen LogP contribution in [0, 0.1) is 5.41 Å². The zero-order chi connectivity index (χ0) is 13.8. The van der Waals surface area contributed by atoms with Gasteiger partial charge in [0.2, 0.25) is 5.91 Å². The smallest absolute Gasteiger partial charge is 0.380 e. The van der Waals surface area contributed by atoms with Crippen molar-refractivity contribution < 1.29 is 22.7 Å². The second-order valence-corrected chi connectivity index (χ2v) is 4.43. The van der Waals surface area contributed by atoms with Crippen LogP contribution < -0.4 is 5.32 Å². The van der Waals surface area contributed by atoms with E-state index in [9.17, 15) is 18.0 Å². The minimum absolute atomic E-state index is 0.171. The summed E-state index contributed by atoms with van der Waals surface area (Å²) in [4.78, 5) is 13.1. The maximum atomic E-state index is 13.1. The number of rotatable bonds is 5. The molecular weight excluding hydrogens is 249 g/mol. The maximum Gasteiger partial charge on any atom is 0.404 e. The van der Waals surface area contributed by atoms with Crippen molar-refractivity contribution in [2.24, 2.45) is 5.41 Å². The molecule has 1 aliphatic rings. The fourth-order valence-corrected chi connectivity index (χ4v) is 2.05. The van der Waals surface area contributed by atoms with Crippen molar-refractivity contribution in [1.29, 1.82) is 0 Å². The van der Waals surface area contributed by atoms with Crippen LogP contribution in [-0.2, 0) is 9.53 Å². The van der Waals surface area contributed by atoms with Crippen molar-refractivity contribution in [3.63, 3.8) is 0 Å². The van der Waals surface area contributed by atoms with Crippen molar-refractivity contribution >= 4 is 5.91 Å². The lowest BCUT2D eigenvalue weighted by atomic mass is 9.84. The molecule has 4 nitrogen and oxygen atoms in total. The molecule has 18 heavy (non-hydrogen) atoms. The first-order valence-electron chi connectivity index (χ1n) is 5.96. The van der Waals surface area contributed by atoms with Crippen LogP contribution in [0.1, 0.15) is 13.3 Å². The van der Waals surface area contributed by atoms with Gasteiger partial charge in [-0.2, -0.15) is 13.2 Å². The lowest BCUT2D eigenvalue weighted by molar-refractivity contribution is -0.221. The number of amides is 1. The van der Waals surface area contributed by atoms with Gasteiger partial charge in [-0.1, -0.05) is 0 Å². The molecule has 0 spiro atoms. The van der Waals surface area contributed by atoms with Crippen LogP contribution in [0.3, 0.4) is 0 Å². The van der Waals surface area contributed by atoms with Gasteiger partial charge < -0.3 is 15.0 Å². The Kier molecular flexibility index (Phi) is 4.98. The van der Waals surface area contributed by atoms with Crippen LogP contribution in [0.25, 0.3) is 0 Å². The van der Waals surface area contributed by atoms with Gasteiger partial charge in [0.15, 0.2) is 5.41 Å². The largest absolute Gasteiger partial charge is 0.404 e. The Bertz CT molecular complexity index is 289. The van der Waals surface area contributed by atoms with Crippen LogP contribution >= 0.6 is 0 Å². The standard InChI is InChI=1S/C11H19F3N2O2/c1-3-18-7-6-16(2)9(17)10(11(12,13)14)4-5-15-8-10/h15H,3-8H2,1-2H3. The Morgan fingerprint density at radius 2 is 2.17 bits per heavy atom. The van der Waals surface area contributed by atoms with Crippen LogP contribution in [-0.4, -0.2) is 56.9 Å². The molecule has 0 radical (unpaired) electrons. The molecule has 1 fully saturated rings. The van der Waals surface area contributed by atoms with E-state index in [4.69, 9.17) is 4.74 Å². The topological polar surface area (TPSA) is 41.6 Å². The predicted octanol–water partition coefficient (Wildman–Crippen LogP) is 1.02. The molecule has 1 heterocycles. The third kappa shape index (κ3) is 2.95. The molecule has 1 saturated heterocycles. The lowest BCUT2D eigenvalue weighted by Crippen LogP contribution is -2.53. The van der Waals surface area contributed by atoms with E-state index in [1.807, 2.05) is 0 Å². The monoisotopic (exact) mass is 268 g/mol. The number of hydrogen-bond acceptors (Lipinski definition) is 3. The fourth-order valence-electron chi connectivity index (χ4n) is 2.05. The van der Waals surface area contributed by atoms with E-state index in [0.717, 1.165) is 4.90 Å². The highest BCUT2D eigenvalue weighted by atomic mass is 19.4. The highest BCUT2D eigenvalue weighted by Gasteiger charge is 2.62. The van der Waals surface area contributed by atoms with Gasteiger partial charge in [0.25, 0.3) is 0 Å². The third-order valence-corrected chi connectivity index (χ3v) is 3.23. The summed E-state index contributed by atoms with van der Waals surface area (Å²) < 4.78 is 44.3. The van der Waals surface area contributed by atoms with E-state index in [1.165, 1.54) is 7.05 Å². The van der Waals surface area contributed by atoms with Gasteiger partial charge in [-0.3, -0.25) is 4.79 Å². The van der Waals surface area contributed by atoms with Crippen LogP contribution in [0.5, 0.6) is 0 Å². The van der Waals surface area contributed by atoms with Gasteiger partial charge in [-0.05, 0) is 19.9 Å². The van der Waals surface area contributed by atoms with Crippen LogP contribution in [0.2, 0.25) is 0 Å².